The van der Waals surface area contributed by atoms with Crippen molar-refractivity contribution >= 4 is 5.91 Å². The van der Waals surface area contributed by atoms with Crippen molar-refractivity contribution in [1.82, 2.24) is 10.3 Å². The molecule has 3 nitrogen and oxygen atoms in total. The molecule has 0 radical (unpaired) electrons. The van der Waals surface area contributed by atoms with Crippen molar-refractivity contribution in [3.8, 4) is 0 Å². The van der Waals surface area contributed by atoms with Crippen molar-refractivity contribution in [2.24, 2.45) is 0 Å². The highest BCUT2D eigenvalue weighted by Crippen LogP contribution is 2.17. The van der Waals surface area contributed by atoms with E-state index >= 15 is 0 Å². The number of aromatic nitrogens is 1. The molecule has 0 saturated heterocycles. The summed E-state index contributed by atoms with van der Waals surface area (Å²) in [4.78, 5) is 15.7. The number of carbonyl (C=O) groups is 1. The summed E-state index contributed by atoms with van der Waals surface area (Å²) in [6, 6.07) is 4.36. The highest BCUT2D eigenvalue weighted by Gasteiger charge is 2.15. The Bertz CT molecular complexity index is 344. The van der Waals surface area contributed by atoms with Crippen molar-refractivity contribution in [3.05, 3.63) is 30.1 Å². The molecule has 0 bridgehead atoms. The monoisotopic (exact) mass is 232 g/mol. The van der Waals surface area contributed by atoms with E-state index in [2.05, 4.69) is 10.3 Å². The number of nitrogens with one attached hydrogen (secondary N) is 1. The van der Waals surface area contributed by atoms with E-state index in [-0.39, 0.29) is 5.91 Å². The zero-order chi connectivity index (χ0) is 11.9. The summed E-state index contributed by atoms with van der Waals surface area (Å²) in [5.41, 5.74) is 1.18. The highest BCUT2D eigenvalue weighted by atomic mass is 16.1. The Morgan fingerprint density at radius 2 is 1.94 bits per heavy atom. The third kappa shape index (κ3) is 4.17. The molecule has 1 aromatic heterocycles. The van der Waals surface area contributed by atoms with E-state index in [0.29, 0.717) is 12.5 Å². The summed E-state index contributed by atoms with van der Waals surface area (Å²) in [5, 5.41) is 3.13. The Morgan fingerprint density at radius 1 is 1.24 bits per heavy atom. The lowest BCUT2D eigenvalue weighted by molar-refractivity contribution is -0.121. The van der Waals surface area contributed by atoms with E-state index in [1.807, 2.05) is 12.1 Å². The quantitative estimate of drug-likeness (QED) is 0.866. The zero-order valence-corrected chi connectivity index (χ0v) is 10.2. The Labute approximate surface area is 103 Å². The number of hydrogen-bond donors (Lipinski definition) is 1. The third-order valence-corrected chi connectivity index (χ3v) is 3.36. The minimum Gasteiger partial charge on any atom is -0.353 e. The molecular weight excluding hydrogens is 212 g/mol. The summed E-state index contributed by atoms with van der Waals surface area (Å²) in [5.74, 6) is 0.189. The van der Waals surface area contributed by atoms with Crippen LogP contribution in [0, 0.1) is 0 Å². The molecule has 1 aromatic rings. The zero-order valence-electron chi connectivity index (χ0n) is 10.2. The summed E-state index contributed by atoms with van der Waals surface area (Å²) in [7, 11) is 0. The number of nitrogens with zero attached hydrogens (tertiary/aromatic N) is 1. The van der Waals surface area contributed by atoms with E-state index in [4.69, 9.17) is 0 Å². The molecule has 1 fully saturated rings. The van der Waals surface area contributed by atoms with Gasteiger partial charge in [0.2, 0.25) is 5.91 Å². The van der Waals surface area contributed by atoms with Crippen LogP contribution < -0.4 is 5.32 Å². The van der Waals surface area contributed by atoms with Crippen LogP contribution in [0.2, 0.25) is 0 Å². The first-order valence-electron chi connectivity index (χ1n) is 6.53. The van der Waals surface area contributed by atoms with Crippen molar-refractivity contribution in [1.29, 1.82) is 0 Å². The van der Waals surface area contributed by atoms with Gasteiger partial charge < -0.3 is 5.32 Å². The van der Waals surface area contributed by atoms with Crippen LogP contribution in [-0.4, -0.2) is 16.9 Å². The number of carbonyl (C=O) groups excluding carboxylic acids is 1. The summed E-state index contributed by atoms with van der Waals surface area (Å²) < 4.78 is 0. The van der Waals surface area contributed by atoms with Crippen molar-refractivity contribution in [2.45, 2.75) is 51.0 Å². The minimum atomic E-state index is 0.189. The maximum absolute atomic E-state index is 11.8. The maximum Gasteiger partial charge on any atom is 0.220 e. The van der Waals surface area contributed by atoms with Crippen LogP contribution in [0.25, 0.3) is 0 Å². The molecule has 2 rings (SSSR count). The molecule has 1 heterocycles. The predicted octanol–water partition coefficient (Wildman–Crippen LogP) is 2.46. The number of aryl methyl sites for hydroxylation is 1. The van der Waals surface area contributed by atoms with Gasteiger partial charge in [-0.1, -0.05) is 19.3 Å². The standard InChI is InChI=1S/C14H20N2O/c17-14(16-13-4-2-1-3-5-13)7-6-12-8-10-15-11-9-12/h8-11,13H,1-7H2,(H,16,17). The molecule has 1 aliphatic carbocycles. The molecule has 1 saturated carbocycles. The van der Waals surface area contributed by atoms with Gasteiger partial charge in [0, 0.05) is 24.9 Å². The Balaban J connectivity index is 1.70. The number of pyridine rings is 1. The molecule has 1 aliphatic rings. The summed E-state index contributed by atoms with van der Waals surface area (Å²) >= 11 is 0. The second kappa shape index (κ2) is 6.38. The van der Waals surface area contributed by atoms with Crippen LogP contribution in [0.1, 0.15) is 44.1 Å². The molecule has 0 aromatic carbocycles. The van der Waals surface area contributed by atoms with Crippen LogP contribution in [-0.2, 0) is 11.2 Å². The Kier molecular flexibility index (Phi) is 4.54. The fourth-order valence-electron chi connectivity index (χ4n) is 2.35. The first-order chi connectivity index (χ1) is 8.34. The second-order valence-corrected chi connectivity index (χ2v) is 4.76. The van der Waals surface area contributed by atoms with Gasteiger partial charge in [-0.2, -0.15) is 0 Å². The fourth-order valence-corrected chi connectivity index (χ4v) is 2.35. The van der Waals surface area contributed by atoms with Gasteiger partial charge in [-0.25, -0.2) is 0 Å². The van der Waals surface area contributed by atoms with Gasteiger partial charge in [0.15, 0.2) is 0 Å². The van der Waals surface area contributed by atoms with Crippen LogP contribution in [0.5, 0.6) is 0 Å². The average molecular weight is 232 g/mol. The summed E-state index contributed by atoms with van der Waals surface area (Å²) in [6.45, 7) is 0. The van der Waals surface area contributed by atoms with Crippen molar-refractivity contribution < 1.29 is 4.79 Å². The lowest BCUT2D eigenvalue weighted by Crippen LogP contribution is -2.36. The van der Waals surface area contributed by atoms with Gasteiger partial charge in [-0.3, -0.25) is 9.78 Å². The van der Waals surface area contributed by atoms with Crippen molar-refractivity contribution in [3.63, 3.8) is 0 Å². The van der Waals surface area contributed by atoms with Crippen LogP contribution >= 0.6 is 0 Å². The normalized spacial score (nSPS) is 16.7. The van der Waals surface area contributed by atoms with E-state index in [1.54, 1.807) is 12.4 Å². The fraction of sp³-hybridized carbons (Fsp3) is 0.571. The lowest BCUT2D eigenvalue weighted by Gasteiger charge is -2.22. The minimum absolute atomic E-state index is 0.189. The Morgan fingerprint density at radius 3 is 2.65 bits per heavy atom. The lowest BCUT2D eigenvalue weighted by atomic mass is 9.95. The first-order valence-corrected chi connectivity index (χ1v) is 6.53. The highest BCUT2D eigenvalue weighted by molar-refractivity contribution is 5.76. The van der Waals surface area contributed by atoms with E-state index in [0.717, 1.165) is 19.3 Å². The molecule has 3 heteroatoms. The summed E-state index contributed by atoms with van der Waals surface area (Å²) in [6.07, 6.45) is 11.1. The second-order valence-electron chi connectivity index (χ2n) is 4.76. The smallest absolute Gasteiger partial charge is 0.220 e. The van der Waals surface area contributed by atoms with Gasteiger partial charge in [0.25, 0.3) is 0 Å². The van der Waals surface area contributed by atoms with Gasteiger partial charge in [-0.15, -0.1) is 0 Å². The maximum atomic E-state index is 11.8. The molecule has 0 atom stereocenters. The third-order valence-electron chi connectivity index (χ3n) is 3.36. The topological polar surface area (TPSA) is 42.0 Å². The average Bonchev–Trinajstić information content (AvgIpc) is 2.39. The van der Waals surface area contributed by atoms with Crippen LogP contribution in [0.3, 0.4) is 0 Å². The largest absolute Gasteiger partial charge is 0.353 e. The Hall–Kier alpha value is -1.38. The van der Waals surface area contributed by atoms with E-state index in [9.17, 15) is 4.79 Å². The molecule has 92 valence electrons. The molecule has 1 amide bonds. The molecule has 1 N–H and O–H groups in total. The van der Waals surface area contributed by atoms with Gasteiger partial charge in [0.1, 0.15) is 0 Å². The first kappa shape index (κ1) is 12.1. The molecular formula is C14H20N2O. The van der Waals surface area contributed by atoms with Crippen LogP contribution in [0.4, 0.5) is 0 Å². The van der Waals surface area contributed by atoms with Gasteiger partial charge in [-0.05, 0) is 37.0 Å². The number of rotatable bonds is 4. The number of hydrogen-bond acceptors (Lipinski definition) is 2. The van der Waals surface area contributed by atoms with Gasteiger partial charge >= 0.3 is 0 Å². The van der Waals surface area contributed by atoms with Gasteiger partial charge in [0.05, 0.1) is 0 Å². The SMILES string of the molecule is O=C(CCc1ccncc1)NC1CCCCC1. The molecule has 0 aliphatic heterocycles. The molecule has 17 heavy (non-hydrogen) atoms. The number of amides is 1. The van der Waals surface area contributed by atoms with E-state index in [1.165, 1.54) is 24.8 Å². The molecule has 0 unspecified atom stereocenters. The van der Waals surface area contributed by atoms with Crippen molar-refractivity contribution in [2.75, 3.05) is 0 Å². The predicted molar refractivity (Wildman–Crippen MR) is 67.6 cm³/mol. The van der Waals surface area contributed by atoms with Crippen LogP contribution in [0.15, 0.2) is 24.5 Å². The van der Waals surface area contributed by atoms with E-state index < -0.39 is 0 Å². The molecule has 0 spiro atoms.